The van der Waals surface area contributed by atoms with Crippen LogP contribution in [0.15, 0.2) is 0 Å². The van der Waals surface area contributed by atoms with Crippen molar-refractivity contribution in [3.63, 3.8) is 0 Å². The molecule has 4 heteroatoms. The number of esters is 1. The second-order valence-electron chi connectivity index (χ2n) is 4.90. The highest BCUT2D eigenvalue weighted by atomic mass is 16.5. The summed E-state index contributed by atoms with van der Waals surface area (Å²) in [6.45, 7) is 8.73. The molecule has 1 aliphatic heterocycles. The zero-order valence-electron chi connectivity index (χ0n) is 9.95. The van der Waals surface area contributed by atoms with Crippen LogP contribution in [0, 0.1) is 5.41 Å². The van der Waals surface area contributed by atoms with Crippen molar-refractivity contribution >= 4 is 5.97 Å². The van der Waals surface area contributed by atoms with Crippen molar-refractivity contribution in [2.45, 2.75) is 33.2 Å². The van der Waals surface area contributed by atoms with E-state index in [9.17, 15) is 4.79 Å². The molecule has 0 saturated carbocycles. The summed E-state index contributed by atoms with van der Waals surface area (Å²) in [5.41, 5.74) is 6.11. The molecule has 4 nitrogen and oxygen atoms in total. The van der Waals surface area contributed by atoms with Crippen molar-refractivity contribution in [1.29, 1.82) is 0 Å². The Morgan fingerprint density at radius 3 is 2.80 bits per heavy atom. The Morgan fingerprint density at radius 1 is 1.60 bits per heavy atom. The van der Waals surface area contributed by atoms with Gasteiger partial charge in [-0.25, -0.2) is 0 Å². The lowest BCUT2D eigenvalue weighted by molar-refractivity contribution is -0.145. The van der Waals surface area contributed by atoms with Gasteiger partial charge in [-0.2, -0.15) is 0 Å². The summed E-state index contributed by atoms with van der Waals surface area (Å²) in [6.07, 6.45) is 0.951. The van der Waals surface area contributed by atoms with Crippen molar-refractivity contribution in [3.05, 3.63) is 0 Å². The molecule has 0 aromatic heterocycles. The van der Waals surface area contributed by atoms with Gasteiger partial charge in [0.05, 0.1) is 13.2 Å². The van der Waals surface area contributed by atoms with Gasteiger partial charge in [-0.15, -0.1) is 0 Å². The first-order valence-corrected chi connectivity index (χ1v) is 5.59. The molecule has 0 aromatic rings. The van der Waals surface area contributed by atoms with Gasteiger partial charge in [-0.3, -0.25) is 9.69 Å². The molecule has 1 fully saturated rings. The quantitative estimate of drug-likeness (QED) is 0.699. The fourth-order valence-corrected chi connectivity index (χ4v) is 2.01. The fourth-order valence-electron chi connectivity index (χ4n) is 2.01. The smallest absolute Gasteiger partial charge is 0.320 e. The third kappa shape index (κ3) is 3.47. The molecule has 0 amide bonds. The molecule has 0 bridgehead atoms. The van der Waals surface area contributed by atoms with Gasteiger partial charge in [0.15, 0.2) is 0 Å². The van der Waals surface area contributed by atoms with Crippen molar-refractivity contribution in [2.24, 2.45) is 11.1 Å². The number of piperidine rings is 1. The van der Waals surface area contributed by atoms with Crippen LogP contribution in [0.2, 0.25) is 0 Å². The first kappa shape index (κ1) is 12.5. The first-order chi connectivity index (χ1) is 6.95. The van der Waals surface area contributed by atoms with Crippen molar-refractivity contribution < 1.29 is 9.53 Å². The summed E-state index contributed by atoms with van der Waals surface area (Å²) in [5, 5.41) is 0. The Morgan fingerprint density at radius 2 is 2.27 bits per heavy atom. The predicted molar refractivity (Wildman–Crippen MR) is 59.4 cm³/mol. The topological polar surface area (TPSA) is 55.6 Å². The highest BCUT2D eigenvalue weighted by Crippen LogP contribution is 2.27. The second-order valence-corrected chi connectivity index (χ2v) is 4.90. The van der Waals surface area contributed by atoms with Crippen LogP contribution in [0.1, 0.15) is 27.2 Å². The Hall–Kier alpha value is -0.610. The highest BCUT2D eigenvalue weighted by Gasteiger charge is 2.33. The molecule has 0 radical (unpaired) electrons. The number of hydrogen-bond acceptors (Lipinski definition) is 4. The molecule has 1 unspecified atom stereocenters. The van der Waals surface area contributed by atoms with E-state index in [0.717, 1.165) is 19.5 Å². The highest BCUT2D eigenvalue weighted by molar-refractivity contribution is 5.71. The minimum atomic E-state index is -0.135. The zero-order chi connectivity index (χ0) is 11.5. The van der Waals surface area contributed by atoms with Crippen LogP contribution in [-0.4, -0.2) is 43.2 Å². The van der Waals surface area contributed by atoms with E-state index in [1.807, 2.05) is 6.92 Å². The number of carbonyl (C=O) groups excluding carboxylic acids is 1. The maximum absolute atomic E-state index is 11.3. The van der Waals surface area contributed by atoms with Gasteiger partial charge in [0.2, 0.25) is 0 Å². The van der Waals surface area contributed by atoms with Crippen LogP contribution in [0.4, 0.5) is 0 Å². The Labute approximate surface area is 91.8 Å². The van der Waals surface area contributed by atoms with E-state index in [0.29, 0.717) is 13.2 Å². The van der Waals surface area contributed by atoms with E-state index in [1.165, 1.54) is 0 Å². The SMILES string of the molecule is CCOC(=O)CN1CCC(N)C(C)(C)C1. The van der Waals surface area contributed by atoms with Gasteiger partial charge in [-0.1, -0.05) is 13.8 Å². The Bertz CT molecular complexity index is 229. The molecule has 1 atom stereocenters. The maximum atomic E-state index is 11.3. The first-order valence-electron chi connectivity index (χ1n) is 5.59. The van der Waals surface area contributed by atoms with E-state index in [4.69, 9.17) is 10.5 Å². The third-order valence-corrected chi connectivity index (χ3v) is 3.05. The molecule has 1 saturated heterocycles. The van der Waals surface area contributed by atoms with E-state index >= 15 is 0 Å². The largest absolute Gasteiger partial charge is 0.465 e. The molecule has 2 N–H and O–H groups in total. The second kappa shape index (κ2) is 4.94. The van der Waals surface area contributed by atoms with Crippen LogP contribution < -0.4 is 5.73 Å². The zero-order valence-corrected chi connectivity index (χ0v) is 9.95. The number of nitrogens with zero attached hydrogens (tertiary/aromatic N) is 1. The van der Waals surface area contributed by atoms with E-state index < -0.39 is 0 Å². The number of hydrogen-bond donors (Lipinski definition) is 1. The minimum Gasteiger partial charge on any atom is -0.465 e. The number of carbonyl (C=O) groups is 1. The summed E-state index contributed by atoms with van der Waals surface area (Å²) in [4.78, 5) is 13.4. The molecule has 1 heterocycles. The summed E-state index contributed by atoms with van der Waals surface area (Å²) < 4.78 is 4.93. The number of nitrogens with two attached hydrogens (primary N) is 1. The lowest BCUT2D eigenvalue weighted by atomic mass is 9.80. The molecule has 15 heavy (non-hydrogen) atoms. The monoisotopic (exact) mass is 214 g/mol. The lowest BCUT2D eigenvalue weighted by Crippen LogP contribution is -2.53. The Kier molecular flexibility index (Phi) is 4.11. The average molecular weight is 214 g/mol. The average Bonchev–Trinajstić information content (AvgIpc) is 2.11. The summed E-state index contributed by atoms with van der Waals surface area (Å²) in [7, 11) is 0. The summed E-state index contributed by atoms with van der Waals surface area (Å²) >= 11 is 0. The molecule has 88 valence electrons. The molecule has 1 rings (SSSR count). The molecular weight excluding hydrogens is 192 g/mol. The maximum Gasteiger partial charge on any atom is 0.320 e. The number of likely N-dealkylation sites (tertiary alicyclic amines) is 1. The molecule has 1 aliphatic rings. The third-order valence-electron chi connectivity index (χ3n) is 3.05. The van der Waals surface area contributed by atoms with Crippen LogP contribution in [0.3, 0.4) is 0 Å². The standard InChI is InChI=1S/C11H22N2O2/c1-4-15-10(14)7-13-6-5-9(12)11(2,3)8-13/h9H,4-8,12H2,1-3H3. The normalized spacial score (nSPS) is 26.3. The minimum absolute atomic E-state index is 0.0880. The predicted octanol–water partition coefficient (Wildman–Crippen LogP) is 0.609. The summed E-state index contributed by atoms with van der Waals surface area (Å²) in [6, 6.07) is 0.232. The van der Waals surface area contributed by atoms with Gasteiger partial charge in [0.25, 0.3) is 0 Å². The molecule has 0 spiro atoms. The van der Waals surface area contributed by atoms with Gasteiger partial charge < -0.3 is 10.5 Å². The van der Waals surface area contributed by atoms with Gasteiger partial charge in [0, 0.05) is 19.1 Å². The van der Waals surface area contributed by atoms with E-state index in [-0.39, 0.29) is 17.4 Å². The van der Waals surface area contributed by atoms with Crippen LogP contribution in [0.25, 0.3) is 0 Å². The van der Waals surface area contributed by atoms with Crippen molar-refractivity contribution in [3.8, 4) is 0 Å². The Balaban J connectivity index is 2.42. The van der Waals surface area contributed by atoms with Crippen LogP contribution >= 0.6 is 0 Å². The summed E-state index contributed by atoms with van der Waals surface area (Å²) in [5.74, 6) is -0.135. The number of rotatable bonds is 3. The van der Waals surface area contributed by atoms with E-state index in [2.05, 4.69) is 18.7 Å². The van der Waals surface area contributed by atoms with Gasteiger partial charge in [0.1, 0.15) is 0 Å². The van der Waals surface area contributed by atoms with Gasteiger partial charge >= 0.3 is 5.97 Å². The molecule has 0 aromatic carbocycles. The molecular formula is C11H22N2O2. The molecule has 0 aliphatic carbocycles. The fraction of sp³-hybridized carbons (Fsp3) is 0.909. The van der Waals surface area contributed by atoms with Crippen LogP contribution in [-0.2, 0) is 9.53 Å². The van der Waals surface area contributed by atoms with Crippen LogP contribution in [0.5, 0.6) is 0 Å². The van der Waals surface area contributed by atoms with E-state index in [1.54, 1.807) is 0 Å². The number of ether oxygens (including phenoxy) is 1. The van der Waals surface area contributed by atoms with Crippen molar-refractivity contribution in [1.82, 2.24) is 4.90 Å². The lowest BCUT2D eigenvalue weighted by Gasteiger charge is -2.42. The van der Waals surface area contributed by atoms with Crippen molar-refractivity contribution in [2.75, 3.05) is 26.2 Å². The van der Waals surface area contributed by atoms with Gasteiger partial charge in [-0.05, 0) is 18.8 Å².